The molecule has 0 aliphatic rings. The number of nitrogens with zero attached hydrogens (tertiary/aromatic N) is 1. The summed E-state index contributed by atoms with van der Waals surface area (Å²) in [5.74, 6) is 2.04. The quantitative estimate of drug-likeness (QED) is 0.548. The Labute approximate surface area is 168 Å². The van der Waals surface area contributed by atoms with Gasteiger partial charge in [-0.1, -0.05) is 64.8 Å². The molecule has 0 fully saturated rings. The molecule has 6 heteroatoms. The van der Waals surface area contributed by atoms with Gasteiger partial charge in [-0.3, -0.25) is 4.79 Å². The fourth-order valence-electron chi connectivity index (χ4n) is 2.68. The van der Waals surface area contributed by atoms with Crippen molar-refractivity contribution in [2.45, 2.75) is 19.6 Å². The predicted octanol–water partition coefficient (Wildman–Crippen LogP) is 5.28. The highest BCUT2D eigenvalue weighted by molar-refractivity contribution is 7.98. The Morgan fingerprint density at radius 3 is 2.63 bits per heavy atom. The molecule has 1 aromatic heterocycles. The van der Waals surface area contributed by atoms with Gasteiger partial charge in [-0.15, -0.1) is 0 Å². The fraction of sp³-hybridized carbons (Fsp3) is 0.238. The number of amides is 1. The van der Waals surface area contributed by atoms with Gasteiger partial charge >= 0.3 is 0 Å². The number of rotatable bonds is 7. The van der Waals surface area contributed by atoms with Crippen LogP contribution in [0.15, 0.2) is 53.1 Å². The van der Waals surface area contributed by atoms with Crippen LogP contribution < -0.4 is 5.32 Å². The van der Waals surface area contributed by atoms with E-state index >= 15 is 0 Å². The van der Waals surface area contributed by atoms with Crippen LogP contribution in [0, 0.1) is 13.8 Å². The predicted molar refractivity (Wildman–Crippen MR) is 111 cm³/mol. The minimum absolute atomic E-state index is 0.195. The summed E-state index contributed by atoms with van der Waals surface area (Å²) in [7, 11) is 0. The zero-order valence-electron chi connectivity index (χ0n) is 15.3. The van der Waals surface area contributed by atoms with Crippen LogP contribution >= 0.6 is 23.4 Å². The summed E-state index contributed by atoms with van der Waals surface area (Å²) < 4.78 is 5.25. The average molecular weight is 401 g/mol. The number of nitrogens with one attached hydrogen (secondary N) is 1. The van der Waals surface area contributed by atoms with E-state index < -0.39 is 0 Å². The van der Waals surface area contributed by atoms with E-state index in [0.717, 1.165) is 11.5 Å². The molecule has 0 atom stereocenters. The van der Waals surface area contributed by atoms with E-state index in [9.17, 15) is 4.79 Å². The smallest absolute Gasteiger partial charge is 0.257 e. The lowest BCUT2D eigenvalue weighted by molar-refractivity contribution is 0.0955. The van der Waals surface area contributed by atoms with Gasteiger partial charge in [0.15, 0.2) is 0 Å². The molecule has 0 radical (unpaired) electrons. The second kappa shape index (κ2) is 9.11. The Morgan fingerprint density at radius 2 is 1.89 bits per heavy atom. The molecule has 0 aliphatic carbocycles. The highest BCUT2D eigenvalue weighted by Crippen LogP contribution is 2.30. The molecule has 1 N–H and O–H groups in total. The number of aryl methyl sites for hydroxylation is 2. The van der Waals surface area contributed by atoms with Crippen molar-refractivity contribution in [1.29, 1.82) is 0 Å². The van der Waals surface area contributed by atoms with E-state index in [-0.39, 0.29) is 5.91 Å². The minimum Gasteiger partial charge on any atom is -0.360 e. The monoisotopic (exact) mass is 400 g/mol. The SMILES string of the molecule is Cc1ccc(CSCCNC(=O)c2c(-c3ccccc3Cl)noc2C)cc1. The van der Waals surface area contributed by atoms with Gasteiger partial charge in [0.1, 0.15) is 17.0 Å². The number of carbonyl (C=O) groups excluding carboxylic acids is 1. The minimum atomic E-state index is -0.195. The van der Waals surface area contributed by atoms with Crippen LogP contribution in [0.1, 0.15) is 27.2 Å². The number of thioether (sulfide) groups is 1. The molecule has 1 heterocycles. The van der Waals surface area contributed by atoms with Gasteiger partial charge in [0.2, 0.25) is 0 Å². The normalized spacial score (nSPS) is 10.8. The van der Waals surface area contributed by atoms with Crippen LogP contribution in [0.5, 0.6) is 0 Å². The molecule has 3 rings (SSSR count). The third kappa shape index (κ3) is 4.93. The van der Waals surface area contributed by atoms with Gasteiger partial charge in [-0.2, -0.15) is 11.8 Å². The molecule has 0 saturated carbocycles. The molecule has 0 spiro atoms. The molecule has 2 aromatic carbocycles. The molecule has 1 amide bonds. The topological polar surface area (TPSA) is 55.1 Å². The summed E-state index contributed by atoms with van der Waals surface area (Å²) in [6.45, 7) is 4.38. The van der Waals surface area contributed by atoms with E-state index in [4.69, 9.17) is 16.1 Å². The second-order valence-corrected chi connectivity index (χ2v) is 7.75. The third-order valence-electron chi connectivity index (χ3n) is 4.14. The maximum atomic E-state index is 12.6. The van der Waals surface area contributed by atoms with Crippen molar-refractivity contribution in [3.63, 3.8) is 0 Å². The maximum absolute atomic E-state index is 12.6. The number of hydrogen-bond acceptors (Lipinski definition) is 4. The van der Waals surface area contributed by atoms with Gasteiger partial charge < -0.3 is 9.84 Å². The van der Waals surface area contributed by atoms with Gasteiger partial charge in [0.05, 0.1) is 5.02 Å². The standard InChI is InChI=1S/C21H21ClN2O2S/c1-14-7-9-16(10-8-14)13-27-12-11-23-21(25)19-15(2)26-24-20(19)17-5-3-4-6-18(17)22/h3-10H,11-13H2,1-2H3,(H,23,25). The summed E-state index contributed by atoms with van der Waals surface area (Å²) in [6.07, 6.45) is 0. The molecular formula is C21H21ClN2O2S. The van der Waals surface area contributed by atoms with Crippen LogP contribution in [0.3, 0.4) is 0 Å². The van der Waals surface area contributed by atoms with Crippen molar-refractivity contribution in [1.82, 2.24) is 10.5 Å². The Hall–Kier alpha value is -2.24. The molecule has 27 heavy (non-hydrogen) atoms. The van der Waals surface area contributed by atoms with Crippen LogP contribution in [0.2, 0.25) is 5.02 Å². The number of halogens is 1. The van der Waals surface area contributed by atoms with Crippen LogP contribution in [-0.4, -0.2) is 23.4 Å². The first kappa shape index (κ1) is 19.5. The molecule has 4 nitrogen and oxygen atoms in total. The Bertz CT molecular complexity index is 922. The summed E-state index contributed by atoms with van der Waals surface area (Å²) in [6, 6.07) is 15.8. The van der Waals surface area contributed by atoms with Crippen LogP contribution in [0.4, 0.5) is 0 Å². The van der Waals surface area contributed by atoms with E-state index in [1.165, 1.54) is 11.1 Å². The molecule has 140 valence electrons. The van der Waals surface area contributed by atoms with Gasteiger partial charge in [0, 0.05) is 23.6 Å². The number of aromatic nitrogens is 1. The molecular weight excluding hydrogens is 380 g/mol. The van der Waals surface area contributed by atoms with Crippen molar-refractivity contribution in [3.05, 3.63) is 76.0 Å². The van der Waals surface area contributed by atoms with Crippen molar-refractivity contribution in [3.8, 4) is 11.3 Å². The molecule has 0 saturated heterocycles. The zero-order chi connectivity index (χ0) is 19.2. The van der Waals surface area contributed by atoms with Crippen LogP contribution in [0.25, 0.3) is 11.3 Å². The van der Waals surface area contributed by atoms with Crippen molar-refractivity contribution >= 4 is 29.3 Å². The Kier molecular flexibility index (Phi) is 6.58. The zero-order valence-corrected chi connectivity index (χ0v) is 16.9. The van der Waals surface area contributed by atoms with Gasteiger partial charge in [-0.05, 0) is 25.5 Å². The van der Waals surface area contributed by atoms with Crippen LogP contribution in [-0.2, 0) is 5.75 Å². The van der Waals surface area contributed by atoms with Crippen molar-refractivity contribution < 1.29 is 9.32 Å². The first-order valence-corrected chi connectivity index (χ1v) is 10.2. The van der Waals surface area contributed by atoms with Gasteiger partial charge in [-0.25, -0.2) is 0 Å². The lowest BCUT2D eigenvalue weighted by atomic mass is 10.1. The highest BCUT2D eigenvalue weighted by atomic mass is 35.5. The number of benzene rings is 2. The first-order valence-electron chi connectivity index (χ1n) is 8.69. The molecule has 0 bridgehead atoms. The fourth-order valence-corrected chi connectivity index (χ4v) is 3.72. The Morgan fingerprint density at radius 1 is 1.15 bits per heavy atom. The van der Waals surface area contributed by atoms with Crippen molar-refractivity contribution in [2.75, 3.05) is 12.3 Å². The van der Waals surface area contributed by atoms with E-state index in [2.05, 4.69) is 41.7 Å². The lowest BCUT2D eigenvalue weighted by Gasteiger charge is -2.07. The summed E-state index contributed by atoms with van der Waals surface area (Å²) in [5.41, 5.74) is 4.15. The number of carbonyl (C=O) groups is 1. The summed E-state index contributed by atoms with van der Waals surface area (Å²) in [4.78, 5) is 12.6. The summed E-state index contributed by atoms with van der Waals surface area (Å²) in [5, 5.41) is 7.52. The molecule has 3 aromatic rings. The molecule has 0 aliphatic heterocycles. The largest absolute Gasteiger partial charge is 0.360 e. The van der Waals surface area contributed by atoms with Gasteiger partial charge in [0.25, 0.3) is 5.91 Å². The van der Waals surface area contributed by atoms with E-state index in [1.807, 2.05) is 18.2 Å². The van der Waals surface area contributed by atoms with E-state index in [0.29, 0.717) is 34.1 Å². The average Bonchev–Trinajstić information content (AvgIpc) is 3.04. The molecule has 0 unspecified atom stereocenters. The number of hydrogen-bond donors (Lipinski definition) is 1. The maximum Gasteiger partial charge on any atom is 0.257 e. The first-order chi connectivity index (χ1) is 13.1. The van der Waals surface area contributed by atoms with E-state index in [1.54, 1.807) is 24.8 Å². The Balaban J connectivity index is 1.56. The lowest BCUT2D eigenvalue weighted by Crippen LogP contribution is -2.26. The second-order valence-electron chi connectivity index (χ2n) is 6.24. The van der Waals surface area contributed by atoms with Crippen molar-refractivity contribution in [2.24, 2.45) is 0 Å². The summed E-state index contributed by atoms with van der Waals surface area (Å²) >= 11 is 8.03. The third-order valence-corrected chi connectivity index (χ3v) is 5.50. The highest BCUT2D eigenvalue weighted by Gasteiger charge is 2.22.